The number of methoxy groups -OCH3 is 1. The predicted molar refractivity (Wildman–Crippen MR) is 82.0 cm³/mol. The number of anilines is 3. The number of nitrogens with zero attached hydrogens (tertiary/aromatic N) is 3. The summed E-state index contributed by atoms with van der Waals surface area (Å²) in [5.74, 6) is 2.56. The highest BCUT2D eigenvalue weighted by molar-refractivity contribution is 5.53. The van der Waals surface area contributed by atoms with Crippen molar-refractivity contribution >= 4 is 17.6 Å². The Kier molecular flexibility index (Phi) is 5.00. The number of piperidine rings is 1. The number of ether oxygens (including phenoxy) is 1. The molecule has 0 aliphatic carbocycles. The van der Waals surface area contributed by atoms with Crippen molar-refractivity contribution < 1.29 is 4.74 Å². The summed E-state index contributed by atoms with van der Waals surface area (Å²) in [5, 5.41) is 3.26. The van der Waals surface area contributed by atoms with E-state index in [1.807, 2.05) is 6.07 Å². The molecule has 6 nitrogen and oxygen atoms in total. The molecule has 3 N–H and O–H groups in total. The smallest absolute Gasteiger partial charge is 0.223 e. The topological polar surface area (TPSA) is 76.3 Å². The summed E-state index contributed by atoms with van der Waals surface area (Å²) >= 11 is 0. The molecule has 0 bridgehead atoms. The first-order valence-electron chi connectivity index (χ1n) is 7.30. The highest BCUT2D eigenvalue weighted by atomic mass is 16.5. The molecule has 112 valence electrons. The average molecular weight is 279 g/mol. The summed E-state index contributed by atoms with van der Waals surface area (Å²) in [5.41, 5.74) is 5.81. The van der Waals surface area contributed by atoms with Crippen molar-refractivity contribution in [2.75, 3.05) is 42.7 Å². The van der Waals surface area contributed by atoms with Crippen molar-refractivity contribution in [3.63, 3.8) is 0 Å². The van der Waals surface area contributed by atoms with E-state index in [4.69, 9.17) is 10.5 Å². The Morgan fingerprint density at radius 1 is 1.50 bits per heavy atom. The zero-order valence-electron chi connectivity index (χ0n) is 12.6. The Morgan fingerprint density at radius 3 is 3.00 bits per heavy atom. The van der Waals surface area contributed by atoms with Crippen LogP contribution in [0.2, 0.25) is 0 Å². The molecule has 6 heteroatoms. The van der Waals surface area contributed by atoms with Crippen LogP contribution < -0.4 is 16.0 Å². The largest absolute Gasteiger partial charge is 0.379 e. The van der Waals surface area contributed by atoms with Gasteiger partial charge in [-0.05, 0) is 18.8 Å². The Morgan fingerprint density at radius 2 is 2.30 bits per heavy atom. The van der Waals surface area contributed by atoms with Gasteiger partial charge in [0.1, 0.15) is 11.6 Å². The van der Waals surface area contributed by atoms with E-state index in [0.717, 1.165) is 44.1 Å². The van der Waals surface area contributed by atoms with Gasteiger partial charge in [0.05, 0.1) is 6.10 Å². The van der Waals surface area contributed by atoms with Gasteiger partial charge in [-0.3, -0.25) is 0 Å². The molecule has 1 aromatic heterocycles. The fourth-order valence-corrected chi connectivity index (χ4v) is 2.51. The van der Waals surface area contributed by atoms with Crippen molar-refractivity contribution in [1.82, 2.24) is 9.97 Å². The second-order valence-electron chi connectivity index (χ2n) is 5.38. The minimum Gasteiger partial charge on any atom is -0.379 e. The second kappa shape index (κ2) is 6.74. The van der Waals surface area contributed by atoms with Gasteiger partial charge < -0.3 is 20.7 Å². The van der Waals surface area contributed by atoms with E-state index in [9.17, 15) is 0 Å². The molecule has 0 saturated carbocycles. The van der Waals surface area contributed by atoms with Gasteiger partial charge in [-0.2, -0.15) is 9.97 Å². The molecule has 1 fully saturated rings. The van der Waals surface area contributed by atoms with Gasteiger partial charge in [-0.15, -0.1) is 0 Å². The SMILES string of the molecule is CCCNc1cc(N2CCC(C)C(OC)C2)nc(N)n1. The zero-order valence-corrected chi connectivity index (χ0v) is 12.6. The van der Waals surface area contributed by atoms with Crippen molar-refractivity contribution in [3.8, 4) is 0 Å². The fourth-order valence-electron chi connectivity index (χ4n) is 2.51. The van der Waals surface area contributed by atoms with E-state index in [0.29, 0.717) is 11.9 Å². The number of hydrogen-bond donors (Lipinski definition) is 2. The van der Waals surface area contributed by atoms with Crippen LogP contribution >= 0.6 is 0 Å². The van der Waals surface area contributed by atoms with Crippen molar-refractivity contribution in [3.05, 3.63) is 6.07 Å². The van der Waals surface area contributed by atoms with Crippen LogP contribution in [-0.2, 0) is 4.74 Å². The van der Waals surface area contributed by atoms with Crippen LogP contribution in [0.1, 0.15) is 26.7 Å². The Labute approximate surface area is 120 Å². The molecule has 2 unspecified atom stereocenters. The lowest BCUT2D eigenvalue weighted by Crippen LogP contribution is -2.44. The minimum absolute atomic E-state index is 0.243. The molecule has 1 aliphatic heterocycles. The second-order valence-corrected chi connectivity index (χ2v) is 5.38. The van der Waals surface area contributed by atoms with Gasteiger partial charge in [0.25, 0.3) is 0 Å². The molecule has 2 atom stereocenters. The molecule has 0 radical (unpaired) electrons. The summed E-state index contributed by atoms with van der Waals surface area (Å²) in [6.07, 6.45) is 2.39. The first kappa shape index (κ1) is 14.8. The maximum Gasteiger partial charge on any atom is 0.223 e. The molecular weight excluding hydrogens is 254 g/mol. The van der Waals surface area contributed by atoms with E-state index in [-0.39, 0.29) is 6.10 Å². The summed E-state index contributed by atoms with van der Waals surface area (Å²) in [4.78, 5) is 10.8. The maximum atomic E-state index is 5.81. The Hall–Kier alpha value is -1.56. The zero-order chi connectivity index (χ0) is 14.5. The molecule has 0 spiro atoms. The first-order chi connectivity index (χ1) is 9.63. The quantitative estimate of drug-likeness (QED) is 0.855. The van der Waals surface area contributed by atoms with Crippen LogP contribution in [0.25, 0.3) is 0 Å². The number of nitrogen functional groups attached to an aromatic ring is 1. The fraction of sp³-hybridized carbons (Fsp3) is 0.714. The highest BCUT2D eigenvalue weighted by Gasteiger charge is 2.27. The molecule has 1 aliphatic rings. The van der Waals surface area contributed by atoms with E-state index < -0.39 is 0 Å². The lowest BCUT2D eigenvalue weighted by molar-refractivity contribution is 0.0496. The van der Waals surface area contributed by atoms with Crippen LogP contribution in [0.4, 0.5) is 17.6 Å². The molecule has 20 heavy (non-hydrogen) atoms. The van der Waals surface area contributed by atoms with Gasteiger partial charge in [0.15, 0.2) is 0 Å². The van der Waals surface area contributed by atoms with Gasteiger partial charge in [0.2, 0.25) is 5.95 Å². The molecular formula is C14H25N5O. The van der Waals surface area contributed by atoms with E-state index >= 15 is 0 Å². The monoisotopic (exact) mass is 279 g/mol. The van der Waals surface area contributed by atoms with Crippen LogP contribution in [0.15, 0.2) is 6.07 Å². The standard InChI is InChI=1S/C14H25N5O/c1-4-6-16-12-8-13(18-14(15)17-12)19-7-5-10(2)11(9-19)20-3/h8,10-11H,4-7,9H2,1-3H3,(H3,15,16,17,18). The highest BCUT2D eigenvalue weighted by Crippen LogP contribution is 2.25. The van der Waals surface area contributed by atoms with Crippen LogP contribution in [0, 0.1) is 5.92 Å². The van der Waals surface area contributed by atoms with E-state index in [2.05, 4.69) is 34.0 Å². The van der Waals surface area contributed by atoms with E-state index in [1.165, 1.54) is 0 Å². The lowest BCUT2D eigenvalue weighted by atomic mass is 9.96. The van der Waals surface area contributed by atoms with Gasteiger partial charge >= 0.3 is 0 Å². The molecule has 2 rings (SSSR count). The number of rotatable bonds is 5. The third-order valence-electron chi connectivity index (χ3n) is 3.80. The number of nitrogens with one attached hydrogen (secondary N) is 1. The summed E-state index contributed by atoms with van der Waals surface area (Å²) < 4.78 is 5.55. The summed E-state index contributed by atoms with van der Waals surface area (Å²) in [6, 6.07) is 1.97. The predicted octanol–water partition coefficient (Wildman–Crippen LogP) is 1.74. The van der Waals surface area contributed by atoms with Gasteiger partial charge in [-0.25, -0.2) is 0 Å². The van der Waals surface area contributed by atoms with Crippen LogP contribution in [-0.4, -0.2) is 42.8 Å². The van der Waals surface area contributed by atoms with Crippen molar-refractivity contribution in [1.29, 1.82) is 0 Å². The van der Waals surface area contributed by atoms with Crippen molar-refractivity contribution in [2.45, 2.75) is 32.8 Å². The summed E-state index contributed by atoms with van der Waals surface area (Å²) in [6.45, 7) is 7.06. The number of nitrogens with two attached hydrogens (primary N) is 1. The first-order valence-corrected chi connectivity index (χ1v) is 7.30. The Balaban J connectivity index is 2.13. The van der Waals surface area contributed by atoms with E-state index in [1.54, 1.807) is 7.11 Å². The van der Waals surface area contributed by atoms with Gasteiger partial charge in [-0.1, -0.05) is 13.8 Å². The van der Waals surface area contributed by atoms with Crippen LogP contribution in [0.5, 0.6) is 0 Å². The molecule has 2 heterocycles. The molecule has 0 aromatic carbocycles. The number of hydrogen-bond acceptors (Lipinski definition) is 6. The number of aromatic nitrogens is 2. The third kappa shape index (κ3) is 3.50. The van der Waals surface area contributed by atoms with Gasteiger partial charge in [0, 0.05) is 32.8 Å². The minimum atomic E-state index is 0.243. The van der Waals surface area contributed by atoms with Crippen LogP contribution in [0.3, 0.4) is 0 Å². The molecule has 0 amide bonds. The molecule has 1 aromatic rings. The normalized spacial score (nSPS) is 22.9. The summed E-state index contributed by atoms with van der Waals surface area (Å²) in [7, 11) is 1.77. The molecule has 1 saturated heterocycles. The average Bonchev–Trinajstić information content (AvgIpc) is 2.45. The maximum absolute atomic E-state index is 5.81. The third-order valence-corrected chi connectivity index (χ3v) is 3.80. The Bertz CT molecular complexity index is 440. The van der Waals surface area contributed by atoms with Crippen molar-refractivity contribution in [2.24, 2.45) is 5.92 Å². The lowest BCUT2D eigenvalue weighted by Gasteiger charge is -2.37.